The first-order chi connectivity index (χ1) is 8.19. The lowest BCUT2D eigenvalue weighted by atomic mass is 9.68. The molecule has 1 aliphatic carbocycles. The van der Waals surface area contributed by atoms with Gasteiger partial charge < -0.3 is 11.6 Å². The van der Waals surface area contributed by atoms with Crippen molar-refractivity contribution in [3.8, 4) is 0 Å². The SMILES string of the molecule is N/N=C(\N)C1(c2ccccc2)CCC(=O)CC1. The number of hydrazone groups is 1. The van der Waals surface area contributed by atoms with E-state index in [-0.39, 0.29) is 5.41 Å². The normalized spacial score (nSPS) is 20.2. The highest BCUT2D eigenvalue weighted by Crippen LogP contribution is 2.38. The highest BCUT2D eigenvalue weighted by atomic mass is 16.1. The van der Waals surface area contributed by atoms with E-state index in [9.17, 15) is 4.79 Å². The molecule has 0 aromatic heterocycles. The second-order valence-corrected chi connectivity index (χ2v) is 4.50. The lowest BCUT2D eigenvalue weighted by Gasteiger charge is -2.36. The summed E-state index contributed by atoms with van der Waals surface area (Å²) in [5, 5.41) is 3.67. The van der Waals surface area contributed by atoms with Gasteiger partial charge >= 0.3 is 0 Å². The average Bonchev–Trinajstić information content (AvgIpc) is 2.40. The fourth-order valence-corrected chi connectivity index (χ4v) is 2.53. The van der Waals surface area contributed by atoms with E-state index in [1.54, 1.807) is 0 Å². The van der Waals surface area contributed by atoms with E-state index in [1.807, 2.05) is 30.3 Å². The molecule has 90 valence electrons. The van der Waals surface area contributed by atoms with E-state index in [4.69, 9.17) is 11.6 Å². The van der Waals surface area contributed by atoms with Crippen molar-refractivity contribution in [2.45, 2.75) is 31.1 Å². The zero-order chi connectivity index (χ0) is 12.3. The van der Waals surface area contributed by atoms with Gasteiger partial charge in [0.2, 0.25) is 0 Å². The number of ketones is 1. The van der Waals surface area contributed by atoms with E-state index in [1.165, 1.54) is 0 Å². The lowest BCUT2D eigenvalue weighted by molar-refractivity contribution is -0.120. The Bertz CT molecular complexity index is 429. The molecule has 0 unspecified atom stereocenters. The molecule has 0 saturated heterocycles. The Morgan fingerprint density at radius 2 is 1.76 bits per heavy atom. The van der Waals surface area contributed by atoms with Gasteiger partial charge in [-0.1, -0.05) is 30.3 Å². The molecule has 0 spiro atoms. The van der Waals surface area contributed by atoms with Crippen molar-refractivity contribution in [3.05, 3.63) is 35.9 Å². The van der Waals surface area contributed by atoms with Crippen LogP contribution in [0.5, 0.6) is 0 Å². The third-order valence-electron chi connectivity index (χ3n) is 3.62. The number of carbonyl (C=O) groups is 1. The molecule has 1 aromatic rings. The standard InChI is InChI=1S/C13H17N3O/c14-12(16-15)13(8-6-11(17)7-9-13)10-4-2-1-3-5-10/h1-5H,6-9,15H2,(H2,14,16). The van der Waals surface area contributed by atoms with Crippen LogP contribution in [-0.4, -0.2) is 11.6 Å². The molecule has 1 aromatic carbocycles. The highest BCUT2D eigenvalue weighted by Gasteiger charge is 2.39. The molecule has 4 nitrogen and oxygen atoms in total. The Kier molecular flexibility index (Phi) is 3.13. The first-order valence-corrected chi connectivity index (χ1v) is 5.80. The van der Waals surface area contributed by atoms with Crippen molar-refractivity contribution in [1.29, 1.82) is 0 Å². The van der Waals surface area contributed by atoms with E-state index in [0.717, 1.165) is 5.56 Å². The fraction of sp³-hybridized carbons (Fsp3) is 0.385. The predicted molar refractivity (Wildman–Crippen MR) is 67.4 cm³/mol. The molecular weight excluding hydrogens is 214 g/mol. The number of nitrogens with two attached hydrogens (primary N) is 2. The molecular formula is C13H17N3O. The zero-order valence-electron chi connectivity index (χ0n) is 9.73. The zero-order valence-corrected chi connectivity index (χ0v) is 9.73. The minimum absolute atomic E-state index is 0.293. The van der Waals surface area contributed by atoms with Crippen molar-refractivity contribution < 1.29 is 4.79 Å². The van der Waals surface area contributed by atoms with Crippen LogP contribution < -0.4 is 11.6 Å². The summed E-state index contributed by atoms with van der Waals surface area (Å²) in [5.74, 6) is 6.06. The van der Waals surface area contributed by atoms with Gasteiger partial charge in [-0.25, -0.2) is 0 Å². The summed E-state index contributed by atoms with van der Waals surface area (Å²) in [6, 6.07) is 9.94. The van der Waals surface area contributed by atoms with Gasteiger partial charge in [0.15, 0.2) is 0 Å². The van der Waals surface area contributed by atoms with E-state index in [2.05, 4.69) is 5.10 Å². The first-order valence-electron chi connectivity index (χ1n) is 5.80. The van der Waals surface area contributed by atoms with Gasteiger partial charge in [0.1, 0.15) is 11.6 Å². The van der Waals surface area contributed by atoms with Gasteiger partial charge in [0, 0.05) is 12.8 Å². The summed E-state index contributed by atoms with van der Waals surface area (Å²) in [4.78, 5) is 11.4. The second kappa shape index (κ2) is 4.57. The molecule has 0 radical (unpaired) electrons. The summed E-state index contributed by atoms with van der Waals surface area (Å²) in [6.45, 7) is 0. The first kappa shape index (κ1) is 11.6. The third-order valence-corrected chi connectivity index (χ3v) is 3.62. The number of hydrogen-bond acceptors (Lipinski definition) is 3. The number of nitrogens with zero attached hydrogens (tertiary/aromatic N) is 1. The minimum atomic E-state index is -0.357. The molecule has 0 atom stereocenters. The topological polar surface area (TPSA) is 81.5 Å². The smallest absolute Gasteiger partial charge is 0.133 e. The van der Waals surface area contributed by atoms with Gasteiger partial charge in [-0.3, -0.25) is 4.79 Å². The second-order valence-electron chi connectivity index (χ2n) is 4.50. The maximum Gasteiger partial charge on any atom is 0.133 e. The summed E-state index contributed by atoms with van der Waals surface area (Å²) >= 11 is 0. The summed E-state index contributed by atoms with van der Waals surface area (Å²) < 4.78 is 0. The molecule has 0 bridgehead atoms. The minimum Gasteiger partial charge on any atom is -0.385 e. The van der Waals surface area contributed by atoms with Crippen LogP contribution in [0.15, 0.2) is 35.4 Å². The molecule has 1 fully saturated rings. The molecule has 0 heterocycles. The Morgan fingerprint density at radius 1 is 1.18 bits per heavy atom. The largest absolute Gasteiger partial charge is 0.385 e. The van der Waals surface area contributed by atoms with Crippen LogP contribution in [-0.2, 0) is 10.2 Å². The van der Waals surface area contributed by atoms with Gasteiger partial charge in [-0.15, -0.1) is 0 Å². The van der Waals surface area contributed by atoms with Crippen molar-refractivity contribution >= 4 is 11.6 Å². The van der Waals surface area contributed by atoms with Crippen LogP contribution in [0.4, 0.5) is 0 Å². The van der Waals surface area contributed by atoms with Crippen LogP contribution in [0.25, 0.3) is 0 Å². The van der Waals surface area contributed by atoms with Gasteiger partial charge in [-0.05, 0) is 18.4 Å². The molecule has 4 N–H and O–H groups in total. The van der Waals surface area contributed by atoms with Crippen molar-refractivity contribution in [2.24, 2.45) is 16.7 Å². The maximum absolute atomic E-state index is 11.4. The Labute approximate surface area is 101 Å². The third kappa shape index (κ3) is 2.02. The highest BCUT2D eigenvalue weighted by molar-refractivity contribution is 5.94. The molecule has 2 rings (SSSR count). The van der Waals surface area contributed by atoms with Crippen LogP contribution >= 0.6 is 0 Å². The van der Waals surface area contributed by atoms with Gasteiger partial charge in [0.05, 0.1) is 5.41 Å². The van der Waals surface area contributed by atoms with Crippen molar-refractivity contribution in [2.75, 3.05) is 0 Å². The van der Waals surface area contributed by atoms with Gasteiger partial charge in [0.25, 0.3) is 0 Å². The van der Waals surface area contributed by atoms with E-state index in [0.29, 0.717) is 37.3 Å². The number of hydrogen-bond donors (Lipinski definition) is 2. The Balaban J connectivity index is 2.42. The molecule has 4 heteroatoms. The molecule has 0 aliphatic heterocycles. The average molecular weight is 231 g/mol. The van der Waals surface area contributed by atoms with Crippen molar-refractivity contribution in [3.63, 3.8) is 0 Å². The molecule has 1 aliphatic rings. The van der Waals surface area contributed by atoms with Crippen LogP contribution in [0.2, 0.25) is 0 Å². The monoisotopic (exact) mass is 231 g/mol. The van der Waals surface area contributed by atoms with E-state index < -0.39 is 0 Å². The lowest BCUT2D eigenvalue weighted by Crippen LogP contribution is -2.45. The Morgan fingerprint density at radius 3 is 2.29 bits per heavy atom. The number of rotatable bonds is 2. The summed E-state index contributed by atoms with van der Waals surface area (Å²) in [7, 11) is 0. The predicted octanol–water partition coefficient (Wildman–Crippen LogP) is 1.30. The molecule has 17 heavy (non-hydrogen) atoms. The van der Waals surface area contributed by atoms with Crippen LogP contribution in [0, 0.1) is 0 Å². The summed E-state index contributed by atoms with van der Waals surface area (Å²) in [5.41, 5.74) is 6.71. The Hall–Kier alpha value is -1.84. The molecule has 1 saturated carbocycles. The van der Waals surface area contributed by atoms with E-state index >= 15 is 0 Å². The maximum atomic E-state index is 11.4. The van der Waals surface area contributed by atoms with Crippen LogP contribution in [0.3, 0.4) is 0 Å². The quantitative estimate of drug-likeness (QED) is 0.348. The van der Waals surface area contributed by atoms with Gasteiger partial charge in [-0.2, -0.15) is 5.10 Å². The summed E-state index contributed by atoms with van der Waals surface area (Å²) in [6.07, 6.45) is 2.49. The van der Waals surface area contributed by atoms with Crippen molar-refractivity contribution in [1.82, 2.24) is 0 Å². The van der Waals surface area contributed by atoms with Crippen LogP contribution in [0.1, 0.15) is 31.2 Å². The number of benzene rings is 1. The number of Topliss-reactive ketones (excluding diaryl/α,β-unsaturated/α-hetero) is 1. The number of carbonyl (C=O) groups excluding carboxylic acids is 1. The number of amidine groups is 1. The fourth-order valence-electron chi connectivity index (χ4n) is 2.53. The molecule has 0 amide bonds.